The number of nitrogens with one attached hydrogen (secondary N) is 2. The van der Waals surface area contributed by atoms with Gasteiger partial charge in [-0.3, -0.25) is 9.59 Å². The first kappa shape index (κ1) is 20.3. The van der Waals surface area contributed by atoms with Gasteiger partial charge in [-0.05, 0) is 49.9 Å². The van der Waals surface area contributed by atoms with Gasteiger partial charge in [0.2, 0.25) is 0 Å². The largest absolute Gasteiger partial charge is 0.358 e. The number of halogens is 1. The second-order valence-electron chi connectivity index (χ2n) is 7.79. The summed E-state index contributed by atoms with van der Waals surface area (Å²) in [6.07, 6.45) is 2.47. The third kappa shape index (κ3) is 3.54. The molecule has 0 bridgehead atoms. The number of carbonyl (C=O) groups excluding carboxylic acids is 2. The molecule has 2 aliphatic heterocycles. The number of carbonyl (C=O) groups is 2. The summed E-state index contributed by atoms with van der Waals surface area (Å²) in [6.45, 7) is 10.3. The highest BCUT2D eigenvalue weighted by Gasteiger charge is 2.30. The molecule has 3 heterocycles. The Morgan fingerprint density at radius 2 is 2.00 bits per heavy atom. The maximum absolute atomic E-state index is 13.7. The van der Waals surface area contributed by atoms with Crippen LogP contribution in [0.3, 0.4) is 0 Å². The van der Waals surface area contributed by atoms with Crippen LogP contribution in [-0.2, 0) is 11.2 Å². The Balaban J connectivity index is 1.62. The van der Waals surface area contributed by atoms with E-state index in [2.05, 4.69) is 29.0 Å². The zero-order valence-electron chi connectivity index (χ0n) is 17.6. The van der Waals surface area contributed by atoms with Gasteiger partial charge in [0.15, 0.2) is 0 Å². The SMILES string of the molecule is CCN(CC)CCN1CCc2[nH]c(/C=C3/C(=O)Nc4ccc(F)cc43)c(C)c2C1=O. The van der Waals surface area contributed by atoms with Gasteiger partial charge in [-0.1, -0.05) is 13.8 Å². The van der Waals surface area contributed by atoms with Crippen LogP contribution in [0.15, 0.2) is 18.2 Å². The van der Waals surface area contributed by atoms with Gasteiger partial charge in [-0.2, -0.15) is 0 Å². The topological polar surface area (TPSA) is 68.4 Å². The number of aromatic nitrogens is 1. The van der Waals surface area contributed by atoms with Crippen molar-refractivity contribution < 1.29 is 14.0 Å². The van der Waals surface area contributed by atoms with Crippen molar-refractivity contribution in [2.45, 2.75) is 27.2 Å². The highest BCUT2D eigenvalue weighted by Crippen LogP contribution is 2.35. The number of nitrogens with zero attached hydrogens (tertiary/aromatic N) is 2. The van der Waals surface area contributed by atoms with Crippen LogP contribution in [0, 0.1) is 12.7 Å². The van der Waals surface area contributed by atoms with Crippen molar-refractivity contribution in [2.24, 2.45) is 0 Å². The summed E-state index contributed by atoms with van der Waals surface area (Å²) in [5, 5.41) is 2.76. The number of amides is 2. The Morgan fingerprint density at radius 1 is 1.23 bits per heavy atom. The Morgan fingerprint density at radius 3 is 2.73 bits per heavy atom. The Labute approximate surface area is 175 Å². The Hall–Kier alpha value is -2.93. The third-order valence-electron chi connectivity index (χ3n) is 6.13. The lowest BCUT2D eigenvalue weighted by Crippen LogP contribution is -2.42. The van der Waals surface area contributed by atoms with E-state index >= 15 is 0 Å². The second-order valence-corrected chi connectivity index (χ2v) is 7.79. The molecule has 0 atom stereocenters. The average molecular weight is 410 g/mol. The molecule has 0 saturated heterocycles. The number of anilines is 1. The molecule has 0 spiro atoms. The molecule has 0 radical (unpaired) electrons. The molecule has 6 nitrogen and oxygen atoms in total. The summed E-state index contributed by atoms with van der Waals surface area (Å²) in [4.78, 5) is 33.1. The molecule has 0 aliphatic carbocycles. The predicted molar refractivity (Wildman–Crippen MR) is 116 cm³/mol. The fourth-order valence-corrected chi connectivity index (χ4v) is 4.27. The molecular weight excluding hydrogens is 383 g/mol. The van der Waals surface area contributed by atoms with E-state index in [-0.39, 0.29) is 11.8 Å². The standard InChI is InChI=1S/C23H27FN4O2/c1-4-27(5-2)10-11-28-9-8-19-21(23(28)30)14(3)20(25-19)13-17-16-12-15(24)6-7-18(16)26-22(17)29/h6-7,12-13,25H,4-5,8-11H2,1-3H3,(H,26,29)/b17-13+. The molecule has 30 heavy (non-hydrogen) atoms. The molecule has 2 aliphatic rings. The van der Waals surface area contributed by atoms with Gasteiger partial charge in [0, 0.05) is 48.7 Å². The van der Waals surface area contributed by atoms with E-state index in [0.717, 1.165) is 43.0 Å². The minimum atomic E-state index is -0.391. The van der Waals surface area contributed by atoms with Crippen LogP contribution in [0.1, 0.15) is 46.7 Å². The van der Waals surface area contributed by atoms with E-state index in [1.807, 2.05) is 11.8 Å². The first-order valence-corrected chi connectivity index (χ1v) is 10.5. The summed E-state index contributed by atoms with van der Waals surface area (Å²) in [6, 6.07) is 4.25. The fourth-order valence-electron chi connectivity index (χ4n) is 4.27. The molecule has 2 N–H and O–H groups in total. The van der Waals surface area contributed by atoms with E-state index in [4.69, 9.17) is 0 Å². The van der Waals surface area contributed by atoms with Crippen molar-refractivity contribution in [1.29, 1.82) is 0 Å². The van der Waals surface area contributed by atoms with Crippen molar-refractivity contribution in [3.8, 4) is 0 Å². The van der Waals surface area contributed by atoms with E-state index in [0.29, 0.717) is 35.5 Å². The van der Waals surface area contributed by atoms with Crippen LogP contribution in [0.5, 0.6) is 0 Å². The molecule has 2 amide bonds. The van der Waals surface area contributed by atoms with Crippen LogP contribution in [0.2, 0.25) is 0 Å². The number of benzene rings is 1. The van der Waals surface area contributed by atoms with E-state index in [1.54, 1.807) is 12.1 Å². The summed E-state index contributed by atoms with van der Waals surface area (Å²) >= 11 is 0. The van der Waals surface area contributed by atoms with Gasteiger partial charge in [0.1, 0.15) is 5.82 Å². The third-order valence-corrected chi connectivity index (χ3v) is 6.13. The van der Waals surface area contributed by atoms with E-state index in [9.17, 15) is 14.0 Å². The quantitative estimate of drug-likeness (QED) is 0.718. The van der Waals surface area contributed by atoms with Gasteiger partial charge in [-0.25, -0.2) is 4.39 Å². The molecule has 0 saturated carbocycles. The van der Waals surface area contributed by atoms with E-state index in [1.165, 1.54) is 12.1 Å². The van der Waals surface area contributed by atoms with Crippen molar-refractivity contribution >= 4 is 29.2 Å². The first-order chi connectivity index (χ1) is 14.4. The van der Waals surface area contributed by atoms with Gasteiger partial charge >= 0.3 is 0 Å². The lowest BCUT2D eigenvalue weighted by atomic mass is 10.0. The van der Waals surface area contributed by atoms with Crippen molar-refractivity contribution in [3.63, 3.8) is 0 Å². The van der Waals surface area contributed by atoms with Crippen molar-refractivity contribution in [2.75, 3.05) is 38.0 Å². The predicted octanol–water partition coefficient (Wildman–Crippen LogP) is 3.30. The normalized spacial score (nSPS) is 17.0. The average Bonchev–Trinajstić information content (AvgIpc) is 3.21. The maximum Gasteiger partial charge on any atom is 0.256 e. The highest BCUT2D eigenvalue weighted by molar-refractivity contribution is 6.34. The molecule has 1 aromatic heterocycles. The molecule has 7 heteroatoms. The lowest BCUT2D eigenvalue weighted by molar-refractivity contribution is -0.110. The smallest absolute Gasteiger partial charge is 0.256 e. The summed E-state index contributed by atoms with van der Waals surface area (Å²) in [5.41, 5.74) is 4.69. The number of hydrogen-bond acceptors (Lipinski definition) is 3. The minimum absolute atomic E-state index is 0.0316. The zero-order valence-corrected chi connectivity index (χ0v) is 17.6. The monoisotopic (exact) mass is 410 g/mol. The fraction of sp³-hybridized carbons (Fsp3) is 0.391. The Bertz CT molecular complexity index is 1040. The van der Waals surface area contributed by atoms with Crippen molar-refractivity contribution in [1.82, 2.24) is 14.8 Å². The highest BCUT2D eigenvalue weighted by atomic mass is 19.1. The second kappa shape index (κ2) is 8.07. The number of H-pyrrole nitrogens is 1. The molecular formula is C23H27FN4O2. The van der Waals surface area contributed by atoms with Crippen molar-refractivity contribution in [3.05, 3.63) is 52.1 Å². The number of aromatic amines is 1. The number of rotatable bonds is 6. The van der Waals surface area contributed by atoms with Gasteiger partial charge in [0.05, 0.1) is 11.1 Å². The van der Waals surface area contributed by atoms with Crippen LogP contribution >= 0.6 is 0 Å². The van der Waals surface area contributed by atoms with Crippen LogP contribution in [-0.4, -0.2) is 59.3 Å². The van der Waals surface area contributed by atoms with Crippen LogP contribution in [0.4, 0.5) is 10.1 Å². The van der Waals surface area contributed by atoms with Gasteiger partial charge in [-0.15, -0.1) is 0 Å². The van der Waals surface area contributed by atoms with E-state index < -0.39 is 5.82 Å². The first-order valence-electron chi connectivity index (χ1n) is 10.5. The lowest BCUT2D eigenvalue weighted by Gasteiger charge is -2.29. The molecule has 0 unspecified atom stereocenters. The molecule has 158 valence electrons. The van der Waals surface area contributed by atoms with Gasteiger partial charge in [0.25, 0.3) is 11.8 Å². The number of likely N-dealkylation sites (N-methyl/N-ethyl adjacent to an activating group) is 1. The zero-order chi connectivity index (χ0) is 21.4. The summed E-state index contributed by atoms with van der Waals surface area (Å²) < 4.78 is 13.7. The molecule has 4 rings (SSSR count). The summed E-state index contributed by atoms with van der Waals surface area (Å²) in [5.74, 6) is -0.628. The molecule has 2 aromatic rings. The van der Waals surface area contributed by atoms with Crippen LogP contribution in [0.25, 0.3) is 11.6 Å². The molecule has 0 fully saturated rings. The number of hydrogen-bond donors (Lipinski definition) is 2. The molecule has 1 aromatic carbocycles. The Kier molecular flexibility index (Phi) is 5.47. The maximum atomic E-state index is 13.7. The minimum Gasteiger partial charge on any atom is -0.358 e. The summed E-state index contributed by atoms with van der Waals surface area (Å²) in [7, 11) is 0. The van der Waals surface area contributed by atoms with Gasteiger partial charge < -0.3 is 20.1 Å². The number of fused-ring (bicyclic) bond motifs is 2. The van der Waals surface area contributed by atoms with Crippen LogP contribution < -0.4 is 5.32 Å².